The first-order valence-electron chi connectivity index (χ1n) is 8.13. The molecule has 6 heteroatoms. The lowest BCUT2D eigenvalue weighted by Gasteiger charge is -2.32. The summed E-state index contributed by atoms with van der Waals surface area (Å²) in [7, 11) is -0.497. The van der Waals surface area contributed by atoms with Crippen molar-refractivity contribution in [2.24, 2.45) is 0 Å². The summed E-state index contributed by atoms with van der Waals surface area (Å²) in [4.78, 5) is 13.4. The third kappa shape index (κ3) is 4.16. The van der Waals surface area contributed by atoms with Crippen LogP contribution in [0.25, 0.3) is 0 Å². The van der Waals surface area contributed by atoms with Gasteiger partial charge in [0.2, 0.25) is 0 Å². The molecular weight excluding hydrogens is 323 g/mol. The summed E-state index contributed by atoms with van der Waals surface area (Å²) in [6, 6.07) is 5.64. The van der Waals surface area contributed by atoms with Crippen LogP contribution in [0.3, 0.4) is 0 Å². The summed E-state index contributed by atoms with van der Waals surface area (Å²) in [5.74, 6) is -0.337. The van der Waals surface area contributed by atoms with Crippen LogP contribution in [0.15, 0.2) is 23.1 Å². The van der Waals surface area contributed by atoms with Gasteiger partial charge in [-0.05, 0) is 78.4 Å². The molecule has 0 aliphatic carbocycles. The SMILES string of the molecule is CSc1cc(B2OC(C)(C)C(C)(C)O2)cc(C(=O)OC(C)(C)C)c1. The van der Waals surface area contributed by atoms with Gasteiger partial charge in [-0.3, -0.25) is 0 Å². The van der Waals surface area contributed by atoms with E-state index in [1.165, 1.54) is 0 Å². The molecule has 1 aliphatic heterocycles. The minimum Gasteiger partial charge on any atom is -0.456 e. The molecule has 1 heterocycles. The number of rotatable bonds is 3. The van der Waals surface area contributed by atoms with Gasteiger partial charge in [0, 0.05) is 4.90 Å². The number of hydrogen-bond acceptors (Lipinski definition) is 5. The Labute approximate surface area is 149 Å². The van der Waals surface area contributed by atoms with Crippen LogP contribution in [0.4, 0.5) is 0 Å². The van der Waals surface area contributed by atoms with E-state index in [0.29, 0.717) is 5.56 Å². The average molecular weight is 350 g/mol. The molecule has 4 nitrogen and oxygen atoms in total. The fraction of sp³-hybridized carbons (Fsp3) is 0.611. The van der Waals surface area contributed by atoms with Crippen molar-refractivity contribution in [2.45, 2.75) is 70.2 Å². The van der Waals surface area contributed by atoms with Crippen LogP contribution >= 0.6 is 11.8 Å². The first-order valence-corrected chi connectivity index (χ1v) is 9.35. The van der Waals surface area contributed by atoms with Crippen LogP contribution < -0.4 is 5.46 Å². The summed E-state index contributed by atoms with van der Waals surface area (Å²) in [5.41, 5.74) is -0.0160. The van der Waals surface area contributed by atoms with Gasteiger partial charge in [0.25, 0.3) is 0 Å². The lowest BCUT2D eigenvalue weighted by atomic mass is 9.78. The summed E-state index contributed by atoms with van der Waals surface area (Å²) >= 11 is 1.57. The van der Waals surface area contributed by atoms with Gasteiger partial charge in [-0.1, -0.05) is 0 Å². The fourth-order valence-corrected chi connectivity index (χ4v) is 2.81. The molecule has 2 rings (SSSR count). The zero-order valence-electron chi connectivity index (χ0n) is 15.9. The Kier molecular flexibility index (Phi) is 5.15. The maximum absolute atomic E-state index is 12.4. The first-order chi connectivity index (χ1) is 10.8. The van der Waals surface area contributed by atoms with E-state index in [2.05, 4.69) is 0 Å². The van der Waals surface area contributed by atoms with Gasteiger partial charge in [-0.25, -0.2) is 4.79 Å². The van der Waals surface area contributed by atoms with Crippen molar-refractivity contribution in [3.8, 4) is 0 Å². The quantitative estimate of drug-likeness (QED) is 0.473. The first kappa shape index (κ1) is 19.4. The molecular formula is C18H27BO4S. The van der Waals surface area contributed by atoms with E-state index in [1.54, 1.807) is 17.8 Å². The number of ether oxygens (including phenoxy) is 1. The maximum Gasteiger partial charge on any atom is 0.494 e. The predicted molar refractivity (Wildman–Crippen MR) is 99.1 cm³/mol. The normalized spacial score (nSPS) is 19.4. The van der Waals surface area contributed by atoms with Crippen LogP contribution in [0.2, 0.25) is 0 Å². The van der Waals surface area contributed by atoms with E-state index in [0.717, 1.165) is 10.4 Å². The number of esters is 1. The lowest BCUT2D eigenvalue weighted by molar-refractivity contribution is 0.00578. The molecule has 0 unspecified atom stereocenters. The minimum absolute atomic E-state index is 0.337. The Bertz CT molecular complexity index is 618. The van der Waals surface area contributed by atoms with Crippen LogP contribution in [-0.2, 0) is 14.0 Å². The molecule has 0 bridgehead atoms. The van der Waals surface area contributed by atoms with E-state index in [1.807, 2.05) is 66.9 Å². The van der Waals surface area contributed by atoms with Gasteiger partial charge in [0.15, 0.2) is 0 Å². The lowest BCUT2D eigenvalue weighted by Crippen LogP contribution is -2.41. The van der Waals surface area contributed by atoms with Gasteiger partial charge in [0.05, 0.1) is 16.8 Å². The van der Waals surface area contributed by atoms with Crippen LogP contribution in [-0.4, -0.2) is 36.1 Å². The Morgan fingerprint density at radius 2 is 1.62 bits per heavy atom. The highest BCUT2D eigenvalue weighted by Gasteiger charge is 2.51. The van der Waals surface area contributed by atoms with Crippen molar-refractivity contribution in [3.63, 3.8) is 0 Å². The van der Waals surface area contributed by atoms with Gasteiger partial charge in [-0.2, -0.15) is 0 Å². The second kappa shape index (κ2) is 6.39. The van der Waals surface area contributed by atoms with E-state index in [-0.39, 0.29) is 5.97 Å². The van der Waals surface area contributed by atoms with Crippen molar-refractivity contribution < 1.29 is 18.8 Å². The number of benzene rings is 1. The predicted octanol–water partition coefficient (Wildman–Crippen LogP) is 3.66. The molecule has 0 spiro atoms. The number of carbonyl (C=O) groups is 1. The van der Waals surface area contributed by atoms with Gasteiger partial charge < -0.3 is 14.0 Å². The zero-order chi connectivity index (χ0) is 18.3. The smallest absolute Gasteiger partial charge is 0.456 e. The van der Waals surface area contributed by atoms with E-state index in [9.17, 15) is 4.79 Å². The topological polar surface area (TPSA) is 44.8 Å². The second-order valence-electron chi connectivity index (χ2n) is 8.08. The van der Waals surface area contributed by atoms with E-state index in [4.69, 9.17) is 14.0 Å². The molecule has 1 aromatic carbocycles. The van der Waals surface area contributed by atoms with Crippen molar-refractivity contribution in [2.75, 3.05) is 6.26 Å². The Morgan fingerprint density at radius 3 is 2.08 bits per heavy atom. The molecule has 0 amide bonds. The van der Waals surface area contributed by atoms with Crippen LogP contribution in [0.5, 0.6) is 0 Å². The van der Waals surface area contributed by atoms with E-state index < -0.39 is 23.9 Å². The second-order valence-corrected chi connectivity index (χ2v) is 8.96. The van der Waals surface area contributed by atoms with Gasteiger partial charge in [-0.15, -0.1) is 11.8 Å². The summed E-state index contributed by atoms with van der Waals surface area (Å²) in [5, 5.41) is 0. The summed E-state index contributed by atoms with van der Waals surface area (Å²) in [6.07, 6.45) is 1.97. The number of carbonyl (C=O) groups excluding carboxylic acids is 1. The van der Waals surface area contributed by atoms with Crippen LogP contribution in [0.1, 0.15) is 58.8 Å². The van der Waals surface area contributed by atoms with Crippen molar-refractivity contribution >= 4 is 30.3 Å². The summed E-state index contributed by atoms with van der Waals surface area (Å²) < 4.78 is 17.7. The van der Waals surface area contributed by atoms with Gasteiger partial charge in [0.1, 0.15) is 5.60 Å². The number of thioether (sulfide) groups is 1. The molecule has 1 aromatic rings. The molecule has 0 radical (unpaired) electrons. The molecule has 24 heavy (non-hydrogen) atoms. The average Bonchev–Trinajstić information content (AvgIpc) is 2.65. The van der Waals surface area contributed by atoms with Crippen molar-refractivity contribution in [1.82, 2.24) is 0 Å². The minimum atomic E-state index is -0.531. The standard InChI is InChI=1S/C18H27BO4S/c1-16(2,3)21-15(20)12-9-13(11-14(10-12)24-8)19-22-17(4,5)18(6,7)23-19/h9-11H,1-8H3. The Balaban J connectivity index is 2.35. The van der Waals surface area contributed by atoms with E-state index >= 15 is 0 Å². The molecule has 132 valence electrons. The fourth-order valence-electron chi connectivity index (χ4n) is 2.31. The summed E-state index contributed by atoms with van der Waals surface area (Å²) in [6.45, 7) is 13.6. The van der Waals surface area contributed by atoms with Crippen LogP contribution in [0, 0.1) is 0 Å². The number of hydrogen-bond donors (Lipinski definition) is 0. The molecule has 1 aliphatic rings. The third-order valence-electron chi connectivity index (χ3n) is 4.32. The molecule has 0 N–H and O–H groups in total. The Morgan fingerprint density at radius 1 is 1.08 bits per heavy atom. The molecule has 0 atom stereocenters. The Hall–Kier alpha value is -0.975. The third-order valence-corrected chi connectivity index (χ3v) is 5.03. The highest BCUT2D eigenvalue weighted by Crippen LogP contribution is 2.36. The monoisotopic (exact) mass is 350 g/mol. The molecule has 0 saturated carbocycles. The zero-order valence-corrected chi connectivity index (χ0v) is 16.7. The largest absolute Gasteiger partial charge is 0.494 e. The molecule has 0 aromatic heterocycles. The molecule has 1 fully saturated rings. The van der Waals surface area contributed by atoms with Crippen molar-refractivity contribution in [1.29, 1.82) is 0 Å². The highest BCUT2D eigenvalue weighted by atomic mass is 32.2. The maximum atomic E-state index is 12.4. The highest BCUT2D eigenvalue weighted by molar-refractivity contribution is 7.98. The van der Waals surface area contributed by atoms with Crippen molar-refractivity contribution in [3.05, 3.63) is 23.8 Å². The van der Waals surface area contributed by atoms with Gasteiger partial charge >= 0.3 is 13.1 Å². The molecule has 1 saturated heterocycles.